The van der Waals surface area contributed by atoms with E-state index in [1.807, 2.05) is 56.5 Å². The number of allylic oxidation sites excluding steroid dienone is 1. The lowest BCUT2D eigenvalue weighted by molar-refractivity contribution is -0.157. The Balaban J connectivity index is 1.70. The van der Waals surface area contributed by atoms with Crippen LogP contribution >= 0.6 is 34.5 Å². The first-order valence-electron chi connectivity index (χ1n) is 13.7. The maximum atomic E-state index is 13.1. The van der Waals surface area contributed by atoms with Crippen molar-refractivity contribution in [3.8, 4) is 0 Å². The molecule has 3 aromatic rings. The number of hydrogen-bond donors (Lipinski definition) is 1. The number of carbonyl (C=O) groups excluding carboxylic acids is 3. The van der Waals surface area contributed by atoms with Crippen LogP contribution in [-0.2, 0) is 27.1 Å². The molecular weight excluding hydrogens is 609 g/mol. The molecule has 1 atom stereocenters. The Kier molecular flexibility index (Phi) is 11.4. The molecule has 0 aliphatic rings. The zero-order chi connectivity index (χ0) is 31.9. The fourth-order valence-electron chi connectivity index (χ4n) is 3.81. The Morgan fingerprint density at radius 3 is 2.26 bits per heavy atom. The molecule has 0 saturated carbocycles. The standard InChI is InChI=1S/C32H37Cl2N3O5S/c1-31(2,3)41-29(39)25(36-28(38)27-23(33)14-10-15-24(27)34)18-22-17-20(19-43-22)11-8-12-21-13-9-16-26(35-21)37(7)30(40)42-32(4,5)6/h8-11,13-17,19,25H,12,18H2,1-7H3,(H,36,38). The van der Waals surface area contributed by atoms with Gasteiger partial charge in [0.15, 0.2) is 0 Å². The summed E-state index contributed by atoms with van der Waals surface area (Å²) < 4.78 is 11.0. The summed E-state index contributed by atoms with van der Waals surface area (Å²) in [6.07, 6.45) is 4.21. The van der Waals surface area contributed by atoms with Gasteiger partial charge in [0.25, 0.3) is 5.91 Å². The molecule has 2 aromatic heterocycles. The van der Waals surface area contributed by atoms with Crippen molar-refractivity contribution in [2.75, 3.05) is 11.9 Å². The van der Waals surface area contributed by atoms with Crippen LogP contribution in [-0.4, -0.2) is 47.2 Å². The third-order valence-corrected chi connectivity index (χ3v) is 7.31. The van der Waals surface area contributed by atoms with Gasteiger partial charge < -0.3 is 14.8 Å². The molecule has 11 heteroatoms. The number of esters is 1. The lowest BCUT2D eigenvalue weighted by Gasteiger charge is -2.24. The summed E-state index contributed by atoms with van der Waals surface area (Å²) in [6.45, 7) is 10.7. The second-order valence-corrected chi connectivity index (χ2v) is 13.6. The Labute approximate surface area is 267 Å². The summed E-state index contributed by atoms with van der Waals surface area (Å²) in [5.74, 6) is -0.627. The van der Waals surface area contributed by atoms with Crippen LogP contribution in [0.15, 0.2) is 53.9 Å². The first-order valence-corrected chi connectivity index (χ1v) is 15.3. The normalized spacial score (nSPS) is 12.6. The van der Waals surface area contributed by atoms with E-state index in [1.165, 1.54) is 16.2 Å². The van der Waals surface area contributed by atoms with Gasteiger partial charge in [0.2, 0.25) is 0 Å². The van der Waals surface area contributed by atoms with Crippen LogP contribution < -0.4 is 10.2 Å². The summed E-state index contributed by atoms with van der Waals surface area (Å²) in [6, 6.07) is 11.2. The summed E-state index contributed by atoms with van der Waals surface area (Å²) in [7, 11) is 1.62. The number of anilines is 1. The number of thiophene rings is 1. The van der Waals surface area contributed by atoms with E-state index in [0.29, 0.717) is 12.2 Å². The Morgan fingerprint density at radius 1 is 1.00 bits per heavy atom. The number of hydrogen-bond acceptors (Lipinski definition) is 7. The molecule has 0 radical (unpaired) electrons. The average molecular weight is 647 g/mol. The van der Waals surface area contributed by atoms with Gasteiger partial charge in [-0.05, 0) is 82.8 Å². The van der Waals surface area contributed by atoms with Crippen molar-refractivity contribution in [1.29, 1.82) is 0 Å². The highest BCUT2D eigenvalue weighted by molar-refractivity contribution is 7.10. The van der Waals surface area contributed by atoms with Crippen LogP contribution in [0.3, 0.4) is 0 Å². The van der Waals surface area contributed by atoms with E-state index < -0.39 is 35.2 Å². The van der Waals surface area contributed by atoms with Gasteiger partial charge in [0.05, 0.1) is 15.6 Å². The second kappa shape index (κ2) is 14.4. The van der Waals surface area contributed by atoms with E-state index in [4.69, 9.17) is 32.7 Å². The van der Waals surface area contributed by atoms with Crippen molar-refractivity contribution in [3.05, 3.63) is 85.7 Å². The number of halogens is 2. The molecule has 2 amide bonds. The Hall–Kier alpha value is -3.40. The van der Waals surface area contributed by atoms with Crippen LogP contribution in [0.2, 0.25) is 10.0 Å². The van der Waals surface area contributed by atoms with Crippen molar-refractivity contribution in [2.24, 2.45) is 0 Å². The van der Waals surface area contributed by atoms with Gasteiger partial charge in [-0.2, -0.15) is 0 Å². The second-order valence-electron chi connectivity index (χ2n) is 11.8. The third kappa shape index (κ3) is 10.7. The lowest BCUT2D eigenvalue weighted by Crippen LogP contribution is -2.45. The van der Waals surface area contributed by atoms with Gasteiger partial charge in [-0.1, -0.05) is 47.5 Å². The molecule has 2 heterocycles. The smallest absolute Gasteiger partial charge is 0.415 e. The van der Waals surface area contributed by atoms with E-state index in [2.05, 4.69) is 10.3 Å². The molecule has 0 fully saturated rings. The van der Waals surface area contributed by atoms with Crippen molar-refractivity contribution >= 4 is 64.4 Å². The topological polar surface area (TPSA) is 97.8 Å². The first-order chi connectivity index (χ1) is 20.0. The number of pyridine rings is 1. The number of rotatable bonds is 9. The summed E-state index contributed by atoms with van der Waals surface area (Å²) >= 11 is 13.9. The molecular formula is C32H37Cl2N3O5S. The van der Waals surface area contributed by atoms with Gasteiger partial charge in [0.1, 0.15) is 23.1 Å². The highest BCUT2D eigenvalue weighted by atomic mass is 35.5. The number of amides is 2. The predicted octanol–water partition coefficient (Wildman–Crippen LogP) is 7.76. The minimum absolute atomic E-state index is 0.101. The van der Waals surface area contributed by atoms with Crippen molar-refractivity contribution in [2.45, 2.75) is 71.6 Å². The van der Waals surface area contributed by atoms with Crippen molar-refractivity contribution in [3.63, 3.8) is 0 Å². The average Bonchev–Trinajstić information content (AvgIpc) is 3.33. The van der Waals surface area contributed by atoms with Crippen LogP contribution in [0.25, 0.3) is 6.08 Å². The quantitative estimate of drug-likeness (QED) is 0.239. The molecule has 1 unspecified atom stereocenters. The maximum Gasteiger partial charge on any atom is 0.415 e. The SMILES string of the molecule is CN(C(=O)OC(C)(C)C)c1cccc(CC=Cc2csc(CC(NC(=O)c3c(Cl)cccc3Cl)C(=O)OC(C)(C)C)c2)n1. The molecule has 0 aliphatic carbocycles. The van der Waals surface area contributed by atoms with E-state index in [9.17, 15) is 14.4 Å². The predicted molar refractivity (Wildman–Crippen MR) is 173 cm³/mol. The largest absolute Gasteiger partial charge is 0.458 e. The van der Waals surface area contributed by atoms with Gasteiger partial charge in [-0.25, -0.2) is 14.6 Å². The van der Waals surface area contributed by atoms with E-state index in [-0.39, 0.29) is 22.0 Å². The molecule has 43 heavy (non-hydrogen) atoms. The molecule has 8 nitrogen and oxygen atoms in total. The highest BCUT2D eigenvalue weighted by Gasteiger charge is 2.29. The zero-order valence-electron chi connectivity index (χ0n) is 25.4. The minimum atomic E-state index is -0.955. The third-order valence-electron chi connectivity index (χ3n) is 5.71. The number of nitrogens with zero attached hydrogens (tertiary/aromatic N) is 2. The molecule has 0 bridgehead atoms. The zero-order valence-corrected chi connectivity index (χ0v) is 27.7. The molecule has 1 N–H and O–H groups in total. The summed E-state index contributed by atoms with van der Waals surface area (Å²) in [5, 5.41) is 5.09. The first kappa shape index (κ1) is 34.1. The minimum Gasteiger partial charge on any atom is -0.458 e. The Bertz CT molecular complexity index is 1470. The van der Waals surface area contributed by atoms with Crippen molar-refractivity contribution < 1.29 is 23.9 Å². The molecule has 3 rings (SSSR count). The summed E-state index contributed by atoms with van der Waals surface area (Å²) in [4.78, 5) is 45.4. The molecule has 0 saturated heterocycles. The van der Waals surface area contributed by atoms with Crippen LogP contribution in [0, 0.1) is 0 Å². The van der Waals surface area contributed by atoms with Gasteiger partial charge in [0, 0.05) is 30.5 Å². The fourth-order valence-corrected chi connectivity index (χ4v) is 5.28. The molecule has 230 valence electrons. The van der Waals surface area contributed by atoms with E-state index in [0.717, 1.165) is 16.1 Å². The monoisotopic (exact) mass is 645 g/mol. The number of benzene rings is 1. The van der Waals surface area contributed by atoms with Crippen LogP contribution in [0.4, 0.5) is 10.6 Å². The molecule has 1 aromatic carbocycles. The van der Waals surface area contributed by atoms with Gasteiger partial charge in [-0.15, -0.1) is 11.3 Å². The fraction of sp³-hybridized carbons (Fsp3) is 0.375. The highest BCUT2D eigenvalue weighted by Crippen LogP contribution is 2.25. The van der Waals surface area contributed by atoms with Crippen LogP contribution in [0.5, 0.6) is 0 Å². The van der Waals surface area contributed by atoms with E-state index in [1.54, 1.807) is 52.1 Å². The van der Waals surface area contributed by atoms with Crippen LogP contribution in [0.1, 0.15) is 68.0 Å². The van der Waals surface area contributed by atoms with E-state index >= 15 is 0 Å². The number of ether oxygens (including phenoxy) is 2. The number of nitrogens with one attached hydrogen (secondary N) is 1. The van der Waals surface area contributed by atoms with Crippen molar-refractivity contribution in [1.82, 2.24) is 10.3 Å². The van der Waals surface area contributed by atoms with Gasteiger partial charge >= 0.3 is 12.1 Å². The number of carbonyl (C=O) groups is 3. The lowest BCUT2D eigenvalue weighted by atomic mass is 10.1. The Morgan fingerprint density at radius 2 is 1.63 bits per heavy atom. The summed E-state index contributed by atoms with van der Waals surface area (Å²) in [5.41, 5.74) is 0.478. The molecule has 0 aliphatic heterocycles. The number of aromatic nitrogens is 1. The molecule has 0 spiro atoms. The van der Waals surface area contributed by atoms with Gasteiger partial charge in [-0.3, -0.25) is 9.69 Å². The maximum absolute atomic E-state index is 13.1.